The molecule has 6 amide bonds. The molecule has 5 saturated heterocycles. The summed E-state index contributed by atoms with van der Waals surface area (Å²) >= 11 is 0. The Morgan fingerprint density at radius 2 is 1.16 bits per heavy atom. The molecule has 70 heavy (non-hydrogen) atoms. The van der Waals surface area contributed by atoms with E-state index in [9.17, 15) is 19.2 Å². The van der Waals surface area contributed by atoms with Crippen molar-refractivity contribution in [1.82, 2.24) is 50.2 Å². The number of anilines is 1. The van der Waals surface area contributed by atoms with Gasteiger partial charge in [0.15, 0.2) is 0 Å². The summed E-state index contributed by atoms with van der Waals surface area (Å²) in [6.45, 7) is 15.3. The SMILES string of the molecule is CC(C)[C@H](NC(=O)N1CCOCC1)C(=O)N1CCC[C@H]1c1ncc(-c2ccc(N3CCC(c4cnc([C@@H]5CCCN5C(=O)[C@@H](NC(=O)N5CCOCC5)C(C)C)[nH]4)CC3)c3c2CC2(CCCCC2)C3)[nH]1. The molecule has 17 nitrogen and oxygen atoms in total. The van der Waals surface area contributed by atoms with E-state index in [1.54, 1.807) is 9.80 Å². The van der Waals surface area contributed by atoms with E-state index in [1.165, 1.54) is 54.5 Å². The van der Waals surface area contributed by atoms with E-state index < -0.39 is 12.1 Å². The first-order chi connectivity index (χ1) is 34.0. The van der Waals surface area contributed by atoms with Gasteiger partial charge in [0.05, 0.1) is 50.4 Å². The number of ether oxygens (including phenoxy) is 2. The number of urea groups is 2. The van der Waals surface area contributed by atoms with Crippen molar-refractivity contribution >= 4 is 29.6 Å². The zero-order valence-electron chi connectivity index (χ0n) is 42.1. The van der Waals surface area contributed by atoms with Crippen molar-refractivity contribution in [2.45, 2.75) is 141 Å². The van der Waals surface area contributed by atoms with Gasteiger partial charge in [-0.3, -0.25) is 9.59 Å². The van der Waals surface area contributed by atoms with E-state index in [1.807, 2.05) is 49.9 Å². The molecule has 2 aromatic heterocycles. The second-order valence-corrected chi connectivity index (χ2v) is 22.1. The summed E-state index contributed by atoms with van der Waals surface area (Å²) in [6, 6.07) is 2.72. The predicted octanol–water partition coefficient (Wildman–Crippen LogP) is 6.69. The molecule has 0 bridgehead atoms. The number of aromatic amines is 2. The molecule has 0 radical (unpaired) electrons. The minimum absolute atomic E-state index is 0.0396. The summed E-state index contributed by atoms with van der Waals surface area (Å²) in [4.78, 5) is 82.1. The predicted molar refractivity (Wildman–Crippen MR) is 266 cm³/mol. The second kappa shape index (κ2) is 20.9. The Hall–Kier alpha value is -5.16. The molecule has 2 aliphatic carbocycles. The van der Waals surface area contributed by atoms with Crippen LogP contribution in [0.4, 0.5) is 15.3 Å². The zero-order valence-corrected chi connectivity index (χ0v) is 42.1. The van der Waals surface area contributed by atoms with E-state index in [4.69, 9.17) is 19.4 Å². The van der Waals surface area contributed by atoms with E-state index in [0.29, 0.717) is 77.0 Å². The van der Waals surface area contributed by atoms with Crippen LogP contribution in [0.3, 0.4) is 0 Å². The maximum Gasteiger partial charge on any atom is 0.318 e. The molecule has 17 heteroatoms. The standard InChI is InChI=1S/C53H77N11O6/c1-34(2)45(58-51(67)61-22-26-69-27-23-61)49(65)63-18-8-10-43(63)47-54-32-40(56-47)36-14-20-60(21-15-36)42-13-12-37(38-30-53(31-39(38)42)16-6-5-7-17-53)41-33-55-48(57-41)44-11-9-19-64(44)50(66)46(35(3)4)59-52(68)62-24-28-70-29-25-62/h12-13,32-36,43-46H,5-11,14-31H2,1-4H3,(H,54,56)(H,55,57)(H,58,67)(H,59,68)/t43-,44-,45-,46-/m0/s1. The van der Waals surface area contributed by atoms with Crippen molar-refractivity contribution in [3.05, 3.63) is 53.0 Å². The number of rotatable bonds is 11. The molecule has 0 unspecified atom stereocenters. The first-order valence-corrected chi connectivity index (χ1v) is 26.8. The van der Waals surface area contributed by atoms with E-state index >= 15 is 0 Å². The number of carbonyl (C=O) groups excluding carboxylic acids is 4. The molecule has 1 aromatic carbocycles. The average Bonchev–Trinajstić information content (AvgIpc) is 4.25. The van der Waals surface area contributed by atoms with Crippen LogP contribution in [0.5, 0.6) is 0 Å². The lowest BCUT2D eigenvalue weighted by atomic mass is 9.72. The molecule has 7 heterocycles. The Balaban J connectivity index is 0.818. The summed E-state index contributed by atoms with van der Waals surface area (Å²) in [5, 5.41) is 6.14. The van der Waals surface area contributed by atoms with Crippen molar-refractivity contribution in [1.29, 1.82) is 0 Å². The van der Waals surface area contributed by atoms with Crippen LogP contribution in [-0.4, -0.2) is 154 Å². The highest BCUT2D eigenvalue weighted by atomic mass is 16.5. The number of nitrogens with zero attached hydrogens (tertiary/aromatic N) is 7. The highest BCUT2D eigenvalue weighted by molar-refractivity contribution is 5.89. The average molecular weight is 964 g/mol. The van der Waals surface area contributed by atoms with Gasteiger partial charge in [0, 0.05) is 81.4 Å². The minimum Gasteiger partial charge on any atom is -0.378 e. The van der Waals surface area contributed by atoms with Crippen LogP contribution in [0, 0.1) is 17.3 Å². The topological polar surface area (TPSA) is 184 Å². The van der Waals surface area contributed by atoms with Crippen molar-refractivity contribution in [2.24, 2.45) is 17.3 Å². The maximum absolute atomic E-state index is 14.3. The monoisotopic (exact) mass is 964 g/mol. The Morgan fingerprint density at radius 3 is 1.71 bits per heavy atom. The van der Waals surface area contributed by atoms with Crippen molar-refractivity contribution in [3.8, 4) is 11.3 Å². The van der Waals surface area contributed by atoms with Crippen LogP contribution in [0.15, 0.2) is 24.5 Å². The number of hydrogen-bond donors (Lipinski definition) is 4. The molecule has 1 saturated carbocycles. The number of piperidine rings is 1. The summed E-state index contributed by atoms with van der Waals surface area (Å²) in [7, 11) is 0. The molecule has 1 spiro atoms. The summed E-state index contributed by atoms with van der Waals surface area (Å²) in [5.74, 6) is 1.80. The van der Waals surface area contributed by atoms with Gasteiger partial charge in [-0.15, -0.1) is 0 Å². The minimum atomic E-state index is -0.624. The number of likely N-dealkylation sites (tertiary alicyclic amines) is 2. The molecule has 5 aliphatic heterocycles. The fourth-order valence-corrected chi connectivity index (χ4v) is 12.9. The largest absolute Gasteiger partial charge is 0.378 e. The van der Waals surface area contributed by atoms with Gasteiger partial charge in [0.25, 0.3) is 0 Å². The van der Waals surface area contributed by atoms with Gasteiger partial charge in [0.2, 0.25) is 11.8 Å². The zero-order chi connectivity index (χ0) is 48.5. The summed E-state index contributed by atoms with van der Waals surface area (Å²) < 4.78 is 10.9. The van der Waals surface area contributed by atoms with Gasteiger partial charge >= 0.3 is 12.1 Å². The molecule has 4 N–H and O–H groups in total. The third-order valence-electron chi connectivity index (χ3n) is 16.9. The number of imidazole rings is 2. The molecule has 7 aliphatic rings. The second-order valence-electron chi connectivity index (χ2n) is 22.1. The van der Waals surface area contributed by atoms with Crippen LogP contribution in [0.2, 0.25) is 0 Å². The first-order valence-electron chi connectivity index (χ1n) is 26.8. The van der Waals surface area contributed by atoms with Gasteiger partial charge < -0.3 is 54.6 Å². The van der Waals surface area contributed by atoms with Crippen LogP contribution in [-0.2, 0) is 31.9 Å². The van der Waals surface area contributed by atoms with Crippen LogP contribution in [0.1, 0.15) is 145 Å². The Morgan fingerprint density at radius 1 is 0.629 bits per heavy atom. The normalized spacial score (nSPS) is 23.9. The number of nitrogens with one attached hydrogen (secondary N) is 4. The molecule has 3 aromatic rings. The quantitative estimate of drug-likeness (QED) is 0.163. The van der Waals surface area contributed by atoms with Gasteiger partial charge in [-0.1, -0.05) is 53.0 Å². The maximum atomic E-state index is 14.3. The molecular formula is C53H77N11O6. The molecule has 10 rings (SSSR count). The number of hydrogen-bond acceptors (Lipinski definition) is 9. The number of carbonyl (C=O) groups is 4. The third-order valence-corrected chi connectivity index (χ3v) is 16.9. The molecule has 4 atom stereocenters. The van der Waals surface area contributed by atoms with Gasteiger partial charge in [-0.2, -0.15) is 0 Å². The highest BCUT2D eigenvalue weighted by Crippen LogP contribution is 2.52. The number of H-pyrrole nitrogens is 2. The van der Waals surface area contributed by atoms with Crippen molar-refractivity contribution < 1.29 is 28.7 Å². The van der Waals surface area contributed by atoms with Crippen LogP contribution >= 0.6 is 0 Å². The Labute approximate surface area is 413 Å². The number of fused-ring (bicyclic) bond motifs is 1. The molecule has 380 valence electrons. The van der Waals surface area contributed by atoms with E-state index in [0.717, 1.165) is 87.5 Å². The van der Waals surface area contributed by atoms with Crippen LogP contribution < -0.4 is 15.5 Å². The lowest BCUT2D eigenvalue weighted by molar-refractivity contribution is -0.136. The number of amides is 6. The smallest absolute Gasteiger partial charge is 0.318 e. The molecular weight excluding hydrogens is 887 g/mol. The van der Waals surface area contributed by atoms with Gasteiger partial charge in [0.1, 0.15) is 23.7 Å². The van der Waals surface area contributed by atoms with Gasteiger partial charge in [-0.05, 0) is 98.7 Å². The Kier molecular flexibility index (Phi) is 14.5. The first kappa shape index (κ1) is 48.5. The summed E-state index contributed by atoms with van der Waals surface area (Å²) in [5.41, 5.74) is 8.01. The third kappa shape index (κ3) is 9.90. The van der Waals surface area contributed by atoms with Crippen molar-refractivity contribution in [2.75, 3.05) is 83.7 Å². The number of morpholine rings is 2. The lowest BCUT2D eigenvalue weighted by Gasteiger charge is -2.36. The highest BCUT2D eigenvalue weighted by Gasteiger charge is 2.43. The van der Waals surface area contributed by atoms with Gasteiger partial charge in [-0.25, -0.2) is 19.6 Å². The van der Waals surface area contributed by atoms with Crippen LogP contribution in [0.25, 0.3) is 11.3 Å². The number of aromatic nitrogens is 4. The molecule has 6 fully saturated rings. The Bertz CT molecular complexity index is 2340. The van der Waals surface area contributed by atoms with Crippen molar-refractivity contribution in [3.63, 3.8) is 0 Å². The number of benzene rings is 1. The summed E-state index contributed by atoms with van der Waals surface area (Å²) in [6.07, 6.45) is 18.1. The fourth-order valence-electron chi connectivity index (χ4n) is 12.9. The van der Waals surface area contributed by atoms with E-state index in [-0.39, 0.29) is 47.8 Å². The lowest BCUT2D eigenvalue weighted by Crippen LogP contribution is -2.55. The fraction of sp³-hybridized carbons (Fsp3) is 0.698. The van der Waals surface area contributed by atoms with E-state index in [2.05, 4.69) is 37.6 Å².